The minimum absolute atomic E-state index is 0.0411. The van der Waals surface area contributed by atoms with E-state index in [1.807, 2.05) is 7.11 Å². The third-order valence-corrected chi connectivity index (χ3v) is 11.3. The number of fused-ring (bicyclic) bond motifs is 5. The molecule has 0 spiro atoms. The van der Waals surface area contributed by atoms with Gasteiger partial charge in [0.1, 0.15) is 0 Å². The number of anilines is 1. The number of hydrogen-bond donors (Lipinski definition) is 1. The molecule has 1 aliphatic carbocycles. The van der Waals surface area contributed by atoms with Crippen molar-refractivity contribution < 1.29 is 33.6 Å². The van der Waals surface area contributed by atoms with E-state index in [4.69, 9.17) is 8.85 Å². The van der Waals surface area contributed by atoms with E-state index in [0.29, 0.717) is 3.63 Å². The van der Waals surface area contributed by atoms with Crippen molar-refractivity contribution in [2.24, 2.45) is 0 Å². The Morgan fingerprint density at radius 1 is 1.11 bits per heavy atom. The number of nitrogens with one attached hydrogen (secondary N) is 1. The minimum atomic E-state index is -2.02. The molecule has 2 aromatic carbocycles. The predicted octanol–water partition coefficient (Wildman–Crippen LogP) is 4.38. The summed E-state index contributed by atoms with van der Waals surface area (Å²) in [6.07, 6.45) is 0. The van der Waals surface area contributed by atoms with E-state index in [0.717, 1.165) is 5.75 Å². The third-order valence-electron chi connectivity index (χ3n) is 5.53. The molecule has 1 aliphatic heterocycles. The quantitative estimate of drug-likeness (QED) is 0.649. The van der Waals surface area contributed by atoms with E-state index in [9.17, 15) is 0 Å². The molecule has 3 nitrogen and oxygen atoms in total. The van der Waals surface area contributed by atoms with Gasteiger partial charge in [0.25, 0.3) is 0 Å². The normalized spacial score (nSPS) is 22.3. The molecule has 0 saturated carbocycles. The first-order chi connectivity index (χ1) is 12.9. The van der Waals surface area contributed by atoms with Gasteiger partial charge in [-0.25, -0.2) is 0 Å². The fourth-order valence-corrected chi connectivity index (χ4v) is 10.2. The van der Waals surface area contributed by atoms with Gasteiger partial charge in [-0.15, -0.1) is 0 Å². The average Bonchev–Trinajstić information content (AvgIpc) is 3.08. The number of benzene rings is 2. The van der Waals surface area contributed by atoms with Gasteiger partial charge in [0.2, 0.25) is 0 Å². The Hall–Kier alpha value is -0.683. The second kappa shape index (κ2) is 6.41. The molecule has 0 fully saturated rings. The molecule has 1 heterocycles. The van der Waals surface area contributed by atoms with Crippen LogP contribution in [0.3, 0.4) is 0 Å². The first-order valence-electron chi connectivity index (χ1n) is 9.96. The van der Waals surface area contributed by atoms with Gasteiger partial charge in [0.05, 0.1) is 0 Å². The van der Waals surface area contributed by atoms with Gasteiger partial charge < -0.3 is 0 Å². The van der Waals surface area contributed by atoms with Crippen LogP contribution in [0.2, 0.25) is 26.2 Å². The molecule has 0 amide bonds. The zero-order chi connectivity index (χ0) is 20.6. The van der Waals surface area contributed by atoms with Gasteiger partial charge in [-0.05, 0) is 0 Å². The van der Waals surface area contributed by atoms with Gasteiger partial charge in [-0.1, -0.05) is 0 Å². The Balaban J connectivity index is 2.08. The first-order valence-corrected chi connectivity index (χ1v) is 17.2. The molecule has 2 aromatic rings. The topological polar surface area (TPSA) is 30.5 Å². The number of hydrogen-bond acceptors (Lipinski definition) is 3. The zero-order valence-electron chi connectivity index (χ0n) is 18.2. The van der Waals surface area contributed by atoms with Crippen LogP contribution >= 0.6 is 0 Å². The van der Waals surface area contributed by atoms with Crippen LogP contribution in [-0.4, -0.2) is 29.3 Å². The van der Waals surface area contributed by atoms with Crippen LogP contribution in [0.1, 0.15) is 35.5 Å². The molecule has 147 valence electrons. The SMILES string of the molecule is CO[Si]1(C)c2c(NC(C)(C)C)c(O[Si](C)(C)C)c3c(c21)[CH]([Zr])c1ccccc1-3. The van der Waals surface area contributed by atoms with Gasteiger partial charge in [0.15, 0.2) is 0 Å². The molecule has 0 aromatic heterocycles. The molecule has 2 atom stereocenters. The Labute approximate surface area is 186 Å². The molecule has 1 N–H and O–H groups in total. The van der Waals surface area contributed by atoms with Gasteiger partial charge in [0, 0.05) is 0 Å². The summed E-state index contributed by atoms with van der Waals surface area (Å²) in [5, 5.41) is 6.76. The summed E-state index contributed by atoms with van der Waals surface area (Å²) in [6.45, 7) is 15.8. The van der Waals surface area contributed by atoms with Crippen LogP contribution in [0.5, 0.6) is 5.75 Å². The second-order valence-corrected chi connectivity index (χ2v) is 19.4. The number of rotatable bonds is 4. The molecular weight excluding hydrogens is 458 g/mol. The molecule has 2 unspecified atom stereocenters. The van der Waals surface area contributed by atoms with Crippen molar-refractivity contribution in [3.8, 4) is 16.9 Å². The van der Waals surface area contributed by atoms with Crippen molar-refractivity contribution in [1.29, 1.82) is 0 Å². The van der Waals surface area contributed by atoms with Gasteiger partial charge in [-0.3, -0.25) is 0 Å². The summed E-state index contributed by atoms with van der Waals surface area (Å²) in [5.41, 5.74) is 6.79. The van der Waals surface area contributed by atoms with Crippen molar-refractivity contribution >= 4 is 32.7 Å². The van der Waals surface area contributed by atoms with E-state index in [1.54, 1.807) is 0 Å². The maximum absolute atomic E-state index is 6.83. The van der Waals surface area contributed by atoms with Crippen molar-refractivity contribution in [1.82, 2.24) is 0 Å². The van der Waals surface area contributed by atoms with Crippen LogP contribution in [0.25, 0.3) is 11.1 Å². The summed E-state index contributed by atoms with van der Waals surface area (Å²) in [4.78, 5) is 0. The predicted molar refractivity (Wildman–Crippen MR) is 119 cm³/mol. The third kappa shape index (κ3) is 3.12. The van der Waals surface area contributed by atoms with Crippen molar-refractivity contribution in [3.63, 3.8) is 0 Å². The fourth-order valence-electron chi connectivity index (χ4n) is 4.39. The monoisotopic (exact) mass is 486 g/mol. The summed E-state index contributed by atoms with van der Waals surface area (Å²) < 4.78 is 13.5. The van der Waals surface area contributed by atoms with Crippen LogP contribution in [0.4, 0.5) is 5.69 Å². The molecule has 0 saturated heterocycles. The van der Waals surface area contributed by atoms with Crippen LogP contribution < -0.4 is 20.1 Å². The Morgan fingerprint density at radius 2 is 1.75 bits per heavy atom. The summed E-state index contributed by atoms with van der Waals surface area (Å²) >= 11 is 1.54. The molecule has 4 rings (SSSR count). The van der Waals surface area contributed by atoms with Gasteiger partial charge >= 0.3 is 187 Å². The first kappa shape index (κ1) is 20.6. The summed E-state index contributed by atoms with van der Waals surface area (Å²) in [6, 6.07) is 8.89. The molecule has 6 heteroatoms. The fraction of sp³-hybridized carbons (Fsp3) is 0.455. The standard InChI is InChI=1S/C22H30NO2Si2.Zr/c1-22(2,3)23-18-19(25-26(5,6)7)17-15-12-10-9-11-14(15)13-16(17)20-21(18)27(20,8)24-4;/h9-13,23H,1-8H3;. The molecule has 0 bridgehead atoms. The Morgan fingerprint density at radius 3 is 2.32 bits per heavy atom. The van der Waals surface area contributed by atoms with Crippen molar-refractivity contribution in [2.45, 2.75) is 56.1 Å². The maximum atomic E-state index is 6.83. The van der Waals surface area contributed by atoms with Crippen LogP contribution in [-0.2, 0) is 29.1 Å². The van der Waals surface area contributed by atoms with Crippen molar-refractivity contribution in [3.05, 3.63) is 35.4 Å². The van der Waals surface area contributed by atoms with E-state index in [2.05, 4.69) is 76.5 Å². The molecule has 2 aliphatic rings. The van der Waals surface area contributed by atoms with E-state index >= 15 is 0 Å². The zero-order valence-corrected chi connectivity index (χ0v) is 22.7. The van der Waals surface area contributed by atoms with Crippen LogP contribution in [0.15, 0.2) is 24.3 Å². The second-order valence-electron chi connectivity index (χ2n) is 10.1. The van der Waals surface area contributed by atoms with E-state index in [1.165, 1.54) is 63.0 Å². The molecular formula is C22H30NO2Si2Zr. The molecule has 28 heavy (non-hydrogen) atoms. The van der Waals surface area contributed by atoms with Crippen molar-refractivity contribution in [2.75, 3.05) is 12.4 Å². The van der Waals surface area contributed by atoms with E-state index < -0.39 is 16.6 Å². The Bertz CT molecular complexity index is 978. The Kier molecular flexibility index (Phi) is 4.71. The van der Waals surface area contributed by atoms with E-state index in [-0.39, 0.29) is 5.54 Å². The summed E-state index contributed by atoms with van der Waals surface area (Å²) in [7, 11) is -1.94. The molecule has 0 radical (unpaired) electrons. The van der Waals surface area contributed by atoms with Crippen LogP contribution in [0, 0.1) is 0 Å². The average molecular weight is 488 g/mol. The summed E-state index contributed by atoms with van der Waals surface area (Å²) in [5.74, 6) is 1.08. The van der Waals surface area contributed by atoms with Gasteiger partial charge in [-0.2, -0.15) is 0 Å².